The summed E-state index contributed by atoms with van der Waals surface area (Å²) in [7, 11) is 3.68. The van der Waals surface area contributed by atoms with E-state index < -0.39 is 0 Å². The summed E-state index contributed by atoms with van der Waals surface area (Å²) in [6.07, 6.45) is 0. The largest absolute Gasteiger partial charge is 0.309 e. The average molecular weight is 268 g/mol. The molecule has 0 aromatic rings. The molecule has 0 amide bonds. The van der Waals surface area contributed by atoms with Crippen LogP contribution in [-0.4, -0.2) is 50.7 Å². The summed E-state index contributed by atoms with van der Waals surface area (Å²) in [5.74, 6) is 0. The third kappa shape index (κ3) is 7.43. The predicted octanol–water partition coefficient (Wildman–Crippen LogP) is 2.15. The summed E-state index contributed by atoms with van der Waals surface area (Å²) >= 11 is 0. The second-order valence-corrected chi connectivity index (χ2v) is 6.10. The fourth-order valence-corrected chi connectivity index (χ4v) is 1.60. The smallest absolute Gasteiger partial charge is 0.0419 e. The lowest BCUT2D eigenvalue weighted by atomic mass is 9.92. The summed E-state index contributed by atoms with van der Waals surface area (Å²) in [6, 6.07) is 0.668. The van der Waals surface area contributed by atoms with Crippen molar-refractivity contribution in [1.29, 1.82) is 0 Å². The van der Waals surface area contributed by atoms with Crippen LogP contribution >= 0.6 is 0 Å². The van der Waals surface area contributed by atoms with Gasteiger partial charge in [-0.2, -0.15) is 0 Å². The molecule has 0 rings (SSSR count). The second-order valence-electron chi connectivity index (χ2n) is 6.10. The summed E-state index contributed by atoms with van der Waals surface area (Å²) < 4.78 is 0. The highest BCUT2D eigenvalue weighted by Gasteiger charge is 2.20. The van der Waals surface area contributed by atoms with E-state index in [1.54, 1.807) is 0 Å². The number of aliphatic imine (C=N–C) groups is 2. The molecular formula is C15H32N4. The van der Waals surface area contributed by atoms with Gasteiger partial charge in [0.2, 0.25) is 0 Å². The van der Waals surface area contributed by atoms with Crippen LogP contribution in [0.25, 0.3) is 0 Å². The van der Waals surface area contributed by atoms with E-state index in [1.165, 1.54) is 0 Å². The standard InChI is InChI=1S/C15H32N4/c1-11(16-7)13(3)18-9-15(5,6)10-19-14(4)12(2)17-8/h13-14,18-19H,9-10H2,1-8H3/t13-,14-/m0/s1. The summed E-state index contributed by atoms with van der Waals surface area (Å²) in [4.78, 5) is 8.44. The van der Waals surface area contributed by atoms with Gasteiger partial charge in [0.05, 0.1) is 0 Å². The van der Waals surface area contributed by atoms with Crippen LogP contribution in [0.3, 0.4) is 0 Å². The van der Waals surface area contributed by atoms with E-state index in [9.17, 15) is 0 Å². The maximum Gasteiger partial charge on any atom is 0.0419 e. The first kappa shape index (κ1) is 18.3. The van der Waals surface area contributed by atoms with E-state index in [-0.39, 0.29) is 5.41 Å². The third-order valence-corrected chi connectivity index (χ3v) is 3.73. The fraction of sp³-hybridized carbons (Fsp3) is 0.867. The first-order chi connectivity index (χ1) is 8.73. The van der Waals surface area contributed by atoms with Crippen LogP contribution < -0.4 is 10.6 Å². The molecule has 0 fully saturated rings. The van der Waals surface area contributed by atoms with E-state index in [0.29, 0.717) is 12.1 Å². The van der Waals surface area contributed by atoms with Gasteiger partial charge in [0, 0.05) is 50.7 Å². The maximum absolute atomic E-state index is 4.22. The van der Waals surface area contributed by atoms with Crippen LogP contribution in [0.15, 0.2) is 9.98 Å². The normalized spacial score (nSPS) is 17.5. The maximum atomic E-state index is 4.22. The van der Waals surface area contributed by atoms with E-state index in [0.717, 1.165) is 24.5 Å². The van der Waals surface area contributed by atoms with Gasteiger partial charge in [-0.1, -0.05) is 13.8 Å². The molecule has 4 nitrogen and oxygen atoms in total. The Morgan fingerprint density at radius 1 is 0.895 bits per heavy atom. The van der Waals surface area contributed by atoms with Crippen LogP contribution in [0.4, 0.5) is 0 Å². The molecule has 2 N–H and O–H groups in total. The van der Waals surface area contributed by atoms with Gasteiger partial charge in [0.25, 0.3) is 0 Å². The van der Waals surface area contributed by atoms with Crippen molar-refractivity contribution in [2.45, 2.75) is 53.6 Å². The first-order valence-electron chi connectivity index (χ1n) is 7.07. The number of nitrogens with one attached hydrogen (secondary N) is 2. The van der Waals surface area contributed by atoms with Crippen molar-refractivity contribution in [1.82, 2.24) is 10.6 Å². The van der Waals surface area contributed by atoms with Gasteiger partial charge >= 0.3 is 0 Å². The summed E-state index contributed by atoms with van der Waals surface area (Å²) in [6.45, 7) is 14.9. The molecular weight excluding hydrogens is 236 g/mol. The third-order valence-electron chi connectivity index (χ3n) is 3.73. The Kier molecular flexibility index (Phi) is 8.11. The van der Waals surface area contributed by atoms with Gasteiger partial charge in [-0.25, -0.2) is 0 Å². The zero-order valence-corrected chi connectivity index (χ0v) is 14.0. The van der Waals surface area contributed by atoms with Gasteiger partial charge in [-0.3, -0.25) is 9.98 Å². The van der Waals surface area contributed by atoms with Crippen LogP contribution in [0.2, 0.25) is 0 Å². The van der Waals surface area contributed by atoms with Gasteiger partial charge in [0.15, 0.2) is 0 Å². The first-order valence-corrected chi connectivity index (χ1v) is 7.07. The quantitative estimate of drug-likeness (QED) is 0.663. The molecule has 0 aromatic heterocycles. The van der Waals surface area contributed by atoms with Crippen molar-refractivity contribution in [3.63, 3.8) is 0 Å². The molecule has 19 heavy (non-hydrogen) atoms. The molecule has 0 bridgehead atoms. The SMILES string of the molecule is CN=C(C)[C@H](C)NCC(C)(C)CN[C@@H](C)C(C)=NC. The van der Waals surface area contributed by atoms with Gasteiger partial charge in [-0.05, 0) is 33.1 Å². The monoisotopic (exact) mass is 268 g/mol. The molecule has 0 unspecified atom stereocenters. The Morgan fingerprint density at radius 3 is 1.47 bits per heavy atom. The molecule has 4 heteroatoms. The van der Waals surface area contributed by atoms with Gasteiger partial charge < -0.3 is 10.6 Å². The summed E-state index contributed by atoms with van der Waals surface area (Å²) in [5.41, 5.74) is 2.49. The zero-order valence-electron chi connectivity index (χ0n) is 14.0. The molecule has 0 radical (unpaired) electrons. The van der Waals surface area contributed by atoms with Crippen LogP contribution in [0.5, 0.6) is 0 Å². The highest BCUT2D eigenvalue weighted by molar-refractivity contribution is 5.87. The number of rotatable bonds is 8. The number of nitrogens with zero attached hydrogens (tertiary/aromatic N) is 2. The van der Waals surface area contributed by atoms with Crippen molar-refractivity contribution >= 4 is 11.4 Å². The predicted molar refractivity (Wildman–Crippen MR) is 86.8 cm³/mol. The van der Waals surface area contributed by atoms with Gasteiger partial charge in [0.1, 0.15) is 0 Å². The van der Waals surface area contributed by atoms with Crippen molar-refractivity contribution in [3.05, 3.63) is 0 Å². The fourth-order valence-electron chi connectivity index (χ4n) is 1.60. The lowest BCUT2D eigenvalue weighted by molar-refractivity contribution is 0.314. The van der Waals surface area contributed by atoms with Crippen molar-refractivity contribution < 1.29 is 0 Å². The number of hydrogen-bond donors (Lipinski definition) is 2. The van der Waals surface area contributed by atoms with E-state index in [4.69, 9.17) is 0 Å². The van der Waals surface area contributed by atoms with Crippen molar-refractivity contribution in [2.75, 3.05) is 27.2 Å². The molecule has 0 heterocycles. The summed E-state index contributed by atoms with van der Waals surface area (Å²) in [5, 5.41) is 7.08. The lowest BCUT2D eigenvalue weighted by Crippen LogP contribution is -2.46. The minimum Gasteiger partial charge on any atom is -0.309 e. The molecule has 0 spiro atoms. The molecule has 0 aliphatic heterocycles. The minimum atomic E-state index is 0.199. The van der Waals surface area contributed by atoms with E-state index in [1.807, 2.05) is 14.1 Å². The Morgan fingerprint density at radius 2 is 1.21 bits per heavy atom. The topological polar surface area (TPSA) is 48.8 Å². The molecule has 0 aliphatic carbocycles. The van der Waals surface area contributed by atoms with E-state index >= 15 is 0 Å². The molecule has 0 aliphatic rings. The average Bonchev–Trinajstić information content (AvgIpc) is 2.40. The molecule has 0 aromatic carbocycles. The van der Waals surface area contributed by atoms with Crippen LogP contribution in [-0.2, 0) is 0 Å². The molecule has 112 valence electrons. The van der Waals surface area contributed by atoms with Crippen molar-refractivity contribution in [3.8, 4) is 0 Å². The lowest BCUT2D eigenvalue weighted by Gasteiger charge is -2.29. The van der Waals surface area contributed by atoms with Crippen LogP contribution in [0.1, 0.15) is 41.5 Å². The minimum absolute atomic E-state index is 0.199. The zero-order chi connectivity index (χ0) is 15.1. The Bertz CT molecular complexity index is 288. The molecule has 0 saturated heterocycles. The second kappa shape index (κ2) is 8.43. The molecule has 0 saturated carbocycles. The number of hydrogen-bond acceptors (Lipinski definition) is 4. The van der Waals surface area contributed by atoms with Gasteiger partial charge in [-0.15, -0.1) is 0 Å². The van der Waals surface area contributed by atoms with Crippen molar-refractivity contribution in [2.24, 2.45) is 15.4 Å². The highest BCUT2D eigenvalue weighted by atomic mass is 15.0. The Hall–Kier alpha value is -0.740. The highest BCUT2D eigenvalue weighted by Crippen LogP contribution is 2.12. The van der Waals surface area contributed by atoms with E-state index in [2.05, 4.69) is 62.2 Å². The Labute approximate surface area is 119 Å². The Balaban J connectivity index is 4.19. The molecule has 2 atom stereocenters. The van der Waals surface area contributed by atoms with Crippen LogP contribution in [0, 0.1) is 5.41 Å².